The first-order valence-electron chi connectivity index (χ1n) is 27.1. The van der Waals surface area contributed by atoms with E-state index in [0.717, 1.165) is 0 Å². The van der Waals surface area contributed by atoms with E-state index in [9.17, 15) is 0 Å². The minimum Gasteiger partial charge on any atom is -0.0654 e. The molecule has 0 amide bonds. The molecule has 0 spiro atoms. The van der Waals surface area contributed by atoms with Gasteiger partial charge in [-0.15, -0.1) is 0 Å². The quantitative estimate of drug-likeness (QED) is 0.0540. The molecule has 55 heavy (non-hydrogen) atoms. The van der Waals surface area contributed by atoms with Crippen LogP contribution < -0.4 is 0 Å². The maximum Gasteiger partial charge on any atom is -0.0414 e. The van der Waals surface area contributed by atoms with Gasteiger partial charge in [-0.05, 0) is 5.92 Å². The maximum absolute atomic E-state index is 4.50. The van der Waals surface area contributed by atoms with E-state index in [1.165, 1.54) is 327 Å². The van der Waals surface area contributed by atoms with E-state index in [4.69, 9.17) is 0 Å². The highest BCUT2D eigenvalue weighted by Crippen LogP contribution is 2.20. The third-order valence-electron chi connectivity index (χ3n) is 13.2. The molecule has 0 bridgehead atoms. The Morgan fingerprint density at radius 2 is 0.291 bits per heavy atom. The van der Waals surface area contributed by atoms with Crippen LogP contribution in [0.25, 0.3) is 0 Å². The molecule has 0 rings (SSSR count). The summed E-state index contributed by atoms with van der Waals surface area (Å²) in [5, 5.41) is 0. The van der Waals surface area contributed by atoms with Crippen LogP contribution >= 0.6 is 0 Å². The lowest BCUT2D eigenvalue weighted by atomic mass is 9.95. The van der Waals surface area contributed by atoms with Crippen molar-refractivity contribution in [2.24, 2.45) is 5.92 Å². The smallest absolute Gasteiger partial charge is 0.0414 e. The lowest BCUT2D eigenvalue weighted by Crippen LogP contribution is -1.95. The molecular weight excluding hydrogens is 661 g/mol. The van der Waals surface area contributed by atoms with Crippen molar-refractivity contribution in [1.82, 2.24) is 0 Å². The highest BCUT2D eigenvalue weighted by molar-refractivity contribution is 4.62. The molecule has 0 saturated heterocycles. The van der Waals surface area contributed by atoms with Crippen molar-refractivity contribution in [2.45, 2.75) is 341 Å². The summed E-state index contributed by atoms with van der Waals surface area (Å²) in [4.78, 5) is 0. The van der Waals surface area contributed by atoms with Gasteiger partial charge in [0.15, 0.2) is 0 Å². The Bertz CT molecular complexity index is 622. The van der Waals surface area contributed by atoms with Crippen LogP contribution in [-0.2, 0) is 0 Å². The van der Waals surface area contributed by atoms with Crippen molar-refractivity contribution in [1.29, 1.82) is 0 Å². The molecule has 0 N–H and O–H groups in total. The van der Waals surface area contributed by atoms with Crippen LogP contribution in [0.2, 0.25) is 0 Å². The first kappa shape index (κ1) is 55.0. The predicted molar refractivity (Wildman–Crippen MR) is 256 cm³/mol. The van der Waals surface area contributed by atoms with E-state index in [0.29, 0.717) is 5.92 Å². The molecule has 0 aromatic carbocycles. The van der Waals surface area contributed by atoms with E-state index in [1.807, 2.05) is 0 Å². The van der Waals surface area contributed by atoms with Crippen LogP contribution in [0.1, 0.15) is 341 Å². The molecule has 0 aromatic heterocycles. The molecule has 1 radical (unpaired) electrons. The van der Waals surface area contributed by atoms with Crippen LogP contribution in [0.3, 0.4) is 0 Å². The molecule has 0 aliphatic heterocycles. The highest BCUT2D eigenvalue weighted by atomic mass is 14.1. The zero-order valence-electron chi connectivity index (χ0n) is 39.3. The van der Waals surface area contributed by atoms with Crippen LogP contribution in [0.5, 0.6) is 0 Å². The number of hydrogen-bond donors (Lipinski definition) is 0. The molecule has 1 unspecified atom stereocenters. The molecule has 0 heterocycles. The van der Waals surface area contributed by atoms with Crippen LogP contribution in [0.15, 0.2) is 0 Å². The third-order valence-corrected chi connectivity index (χ3v) is 13.2. The molecule has 0 fully saturated rings. The van der Waals surface area contributed by atoms with E-state index >= 15 is 0 Å². The van der Waals surface area contributed by atoms with Crippen LogP contribution in [0, 0.1) is 12.8 Å². The largest absolute Gasteiger partial charge is 0.0654 e. The summed E-state index contributed by atoms with van der Waals surface area (Å²) in [7, 11) is 0. The van der Waals surface area contributed by atoms with Gasteiger partial charge in [-0.25, -0.2) is 0 Å². The van der Waals surface area contributed by atoms with Gasteiger partial charge in [-0.1, -0.05) is 348 Å². The fourth-order valence-corrected chi connectivity index (χ4v) is 9.11. The Hall–Kier alpha value is 0. The fraction of sp³-hybridized carbons (Fsp3) is 0.982. The summed E-state index contributed by atoms with van der Waals surface area (Å²) in [5.74, 6) is 0.712. The molecule has 0 aliphatic rings. The Kier molecular flexibility index (Phi) is 52.0. The number of unbranched alkanes of at least 4 members (excludes halogenated alkanes) is 47. The molecular formula is C55H111. The van der Waals surface area contributed by atoms with Crippen molar-refractivity contribution < 1.29 is 0 Å². The summed E-state index contributed by atoms with van der Waals surface area (Å²) in [6, 6.07) is 0. The standard InChI is InChI=1S/C55H111/c1-4-6-8-10-12-14-16-18-20-22-24-26-28-30-32-34-36-38-40-42-44-46-48-50-52-54-55(3)53-51-49-47-45-43-41-39-37-35-33-31-29-27-25-23-21-19-17-15-13-11-9-7-5-2/h55H,3-54H2,1-2H3. The van der Waals surface area contributed by atoms with Gasteiger partial charge < -0.3 is 0 Å². The molecule has 0 heteroatoms. The summed E-state index contributed by atoms with van der Waals surface area (Å²) < 4.78 is 0. The second-order valence-electron chi connectivity index (χ2n) is 19.1. The zero-order chi connectivity index (χ0) is 39.6. The Balaban J connectivity index is 3.14. The second-order valence-corrected chi connectivity index (χ2v) is 19.1. The predicted octanol–water partition coefficient (Wildman–Crippen LogP) is 21.4. The van der Waals surface area contributed by atoms with Gasteiger partial charge in [-0.2, -0.15) is 0 Å². The van der Waals surface area contributed by atoms with Crippen molar-refractivity contribution in [3.05, 3.63) is 6.92 Å². The summed E-state index contributed by atoms with van der Waals surface area (Å²) in [6.07, 6.45) is 75.0. The van der Waals surface area contributed by atoms with E-state index < -0.39 is 0 Å². The average molecular weight is 772 g/mol. The van der Waals surface area contributed by atoms with Gasteiger partial charge in [0.1, 0.15) is 0 Å². The molecule has 0 aromatic rings. The Labute approximate surface area is 352 Å². The molecule has 0 nitrogen and oxygen atoms in total. The molecule has 0 saturated carbocycles. The topological polar surface area (TPSA) is 0 Å². The van der Waals surface area contributed by atoms with Crippen molar-refractivity contribution in [2.75, 3.05) is 0 Å². The number of rotatable bonds is 51. The van der Waals surface area contributed by atoms with Gasteiger partial charge in [0.25, 0.3) is 0 Å². The highest BCUT2D eigenvalue weighted by Gasteiger charge is 2.03. The van der Waals surface area contributed by atoms with Crippen LogP contribution in [-0.4, -0.2) is 0 Å². The monoisotopic (exact) mass is 772 g/mol. The van der Waals surface area contributed by atoms with Crippen molar-refractivity contribution >= 4 is 0 Å². The Morgan fingerprint density at radius 1 is 0.182 bits per heavy atom. The fourth-order valence-electron chi connectivity index (χ4n) is 9.11. The van der Waals surface area contributed by atoms with Gasteiger partial charge in [0.2, 0.25) is 0 Å². The SMILES string of the molecule is [CH2]C(CCCCCCCCCCCCCCCCCCCCCCCCCC)CCCCCCCCCCCCCCCCCCCCCCCCCCC. The maximum atomic E-state index is 4.50. The third kappa shape index (κ3) is 52.0. The van der Waals surface area contributed by atoms with E-state index in [1.54, 1.807) is 0 Å². The summed E-state index contributed by atoms with van der Waals surface area (Å²) >= 11 is 0. The molecule has 1 atom stereocenters. The van der Waals surface area contributed by atoms with E-state index in [2.05, 4.69) is 20.8 Å². The van der Waals surface area contributed by atoms with Crippen molar-refractivity contribution in [3.63, 3.8) is 0 Å². The lowest BCUT2D eigenvalue weighted by Gasteiger charge is -2.11. The first-order valence-corrected chi connectivity index (χ1v) is 27.1. The summed E-state index contributed by atoms with van der Waals surface area (Å²) in [6.45, 7) is 9.12. The minimum atomic E-state index is 0.712. The lowest BCUT2D eigenvalue weighted by molar-refractivity contribution is 0.459. The minimum absolute atomic E-state index is 0.712. The van der Waals surface area contributed by atoms with Gasteiger partial charge in [-0.3, -0.25) is 0 Å². The van der Waals surface area contributed by atoms with Gasteiger partial charge >= 0.3 is 0 Å². The molecule has 331 valence electrons. The van der Waals surface area contributed by atoms with E-state index in [-0.39, 0.29) is 0 Å². The van der Waals surface area contributed by atoms with Gasteiger partial charge in [0, 0.05) is 0 Å². The first-order chi connectivity index (χ1) is 27.3. The van der Waals surface area contributed by atoms with Gasteiger partial charge in [0.05, 0.1) is 0 Å². The van der Waals surface area contributed by atoms with Crippen LogP contribution in [0.4, 0.5) is 0 Å². The normalized spacial score (nSPS) is 12.3. The second kappa shape index (κ2) is 52.0. The Morgan fingerprint density at radius 3 is 0.418 bits per heavy atom. The average Bonchev–Trinajstić information content (AvgIpc) is 3.19. The van der Waals surface area contributed by atoms with Crippen molar-refractivity contribution in [3.8, 4) is 0 Å². The zero-order valence-corrected chi connectivity index (χ0v) is 39.3. The summed E-state index contributed by atoms with van der Waals surface area (Å²) in [5.41, 5.74) is 0. The number of hydrogen-bond acceptors (Lipinski definition) is 0. The molecule has 0 aliphatic carbocycles.